The smallest absolute Gasteiger partial charge is 0.354 e. The minimum Gasteiger partial charge on any atom is -0.477 e. The number of carbonyl (C=O) groups excluding carboxylic acids is 1. The van der Waals surface area contributed by atoms with Gasteiger partial charge in [0.1, 0.15) is 5.69 Å². The molecule has 1 fully saturated rings. The average molecular weight is 504 g/mol. The van der Waals surface area contributed by atoms with Crippen LogP contribution in [-0.2, 0) is 41.1 Å². The number of aromatic carboxylic acids is 1. The van der Waals surface area contributed by atoms with Crippen LogP contribution >= 0.6 is 0 Å². The molecule has 35 heavy (non-hydrogen) atoms. The number of aromatic nitrogens is 2. The maximum absolute atomic E-state index is 12.9. The maximum Gasteiger partial charge on any atom is 0.354 e. The number of ether oxygens (including phenoxy) is 1. The molecule has 1 aromatic heterocycles. The number of benzene rings is 1. The SMILES string of the molecule is COC1CCN(C2CCc3c2cc2c(c3NC(=O)NS(=O)(=O)c3cc(C(=O)O)n(C)n3)CCC2)C1. The highest BCUT2D eigenvalue weighted by atomic mass is 32.2. The van der Waals surface area contributed by atoms with Crippen molar-refractivity contribution >= 4 is 27.7 Å². The molecule has 2 aromatic rings. The summed E-state index contributed by atoms with van der Waals surface area (Å²) in [5.74, 6) is -1.31. The average Bonchev–Trinajstić information content (AvgIpc) is 3.58. The van der Waals surface area contributed by atoms with E-state index in [2.05, 4.69) is 21.4 Å². The highest BCUT2D eigenvalue weighted by molar-refractivity contribution is 7.90. The summed E-state index contributed by atoms with van der Waals surface area (Å²) in [4.78, 5) is 26.5. The number of carboxylic acids is 1. The van der Waals surface area contributed by atoms with E-state index >= 15 is 0 Å². The van der Waals surface area contributed by atoms with Crippen molar-refractivity contribution < 1.29 is 27.9 Å². The van der Waals surface area contributed by atoms with E-state index in [-0.39, 0.29) is 17.8 Å². The van der Waals surface area contributed by atoms with Gasteiger partial charge in [0.05, 0.1) is 6.10 Å². The lowest BCUT2D eigenvalue weighted by molar-refractivity contribution is 0.0685. The van der Waals surface area contributed by atoms with Gasteiger partial charge in [0.2, 0.25) is 0 Å². The Balaban J connectivity index is 1.40. The summed E-state index contributed by atoms with van der Waals surface area (Å²) in [5, 5.41) is 15.2. The van der Waals surface area contributed by atoms with Crippen LogP contribution in [0.5, 0.6) is 0 Å². The number of nitrogens with one attached hydrogen (secondary N) is 2. The second-order valence-corrected chi connectivity index (χ2v) is 11.0. The van der Waals surface area contributed by atoms with Gasteiger partial charge in [-0.15, -0.1) is 0 Å². The van der Waals surface area contributed by atoms with Crippen molar-refractivity contribution in [1.82, 2.24) is 19.4 Å². The van der Waals surface area contributed by atoms with Crippen molar-refractivity contribution in [3.05, 3.63) is 40.1 Å². The van der Waals surface area contributed by atoms with Crippen molar-refractivity contribution in [2.75, 3.05) is 25.5 Å². The summed E-state index contributed by atoms with van der Waals surface area (Å²) in [6.07, 6.45) is 5.70. The van der Waals surface area contributed by atoms with Crippen LogP contribution in [0.4, 0.5) is 10.5 Å². The largest absolute Gasteiger partial charge is 0.477 e. The number of nitrogens with zero attached hydrogens (tertiary/aromatic N) is 3. The van der Waals surface area contributed by atoms with Gasteiger partial charge in [0.25, 0.3) is 10.0 Å². The van der Waals surface area contributed by atoms with Crippen LogP contribution in [0, 0.1) is 0 Å². The van der Waals surface area contributed by atoms with Crippen molar-refractivity contribution in [2.45, 2.75) is 55.7 Å². The number of methoxy groups -OCH3 is 1. The number of carboxylic acid groups (broad SMARTS) is 1. The molecule has 2 amide bonds. The van der Waals surface area contributed by atoms with Crippen LogP contribution in [-0.4, -0.2) is 66.5 Å². The highest BCUT2D eigenvalue weighted by Crippen LogP contribution is 2.45. The Kier molecular flexibility index (Phi) is 6.06. The Morgan fingerprint density at radius 1 is 1.17 bits per heavy atom. The number of hydrogen-bond donors (Lipinski definition) is 3. The van der Waals surface area contributed by atoms with E-state index in [1.807, 2.05) is 4.72 Å². The molecule has 1 saturated heterocycles. The first kappa shape index (κ1) is 23.8. The van der Waals surface area contributed by atoms with Crippen molar-refractivity contribution in [2.24, 2.45) is 7.05 Å². The van der Waals surface area contributed by atoms with Crippen LogP contribution in [0.3, 0.4) is 0 Å². The number of sulfonamides is 1. The normalized spacial score (nSPS) is 21.7. The Morgan fingerprint density at radius 2 is 1.97 bits per heavy atom. The van der Waals surface area contributed by atoms with E-state index in [1.165, 1.54) is 18.2 Å². The predicted octanol–water partition coefficient (Wildman–Crippen LogP) is 1.83. The molecule has 0 radical (unpaired) electrons. The molecule has 3 aliphatic rings. The zero-order valence-corrected chi connectivity index (χ0v) is 20.5. The Morgan fingerprint density at radius 3 is 2.66 bits per heavy atom. The summed E-state index contributed by atoms with van der Waals surface area (Å²) in [6.45, 7) is 1.84. The molecule has 3 N–H and O–H groups in total. The van der Waals surface area contributed by atoms with Gasteiger partial charge >= 0.3 is 12.0 Å². The van der Waals surface area contributed by atoms with Crippen molar-refractivity contribution in [3.63, 3.8) is 0 Å². The number of rotatable bonds is 6. The van der Waals surface area contributed by atoms with Gasteiger partial charge in [-0.1, -0.05) is 6.07 Å². The summed E-state index contributed by atoms with van der Waals surface area (Å²) in [5.41, 5.74) is 4.95. The second kappa shape index (κ2) is 8.92. The fourth-order valence-electron chi connectivity index (χ4n) is 5.66. The molecular formula is C23H29N5O6S. The molecule has 2 unspecified atom stereocenters. The van der Waals surface area contributed by atoms with Crippen molar-refractivity contribution in [1.29, 1.82) is 0 Å². The lowest BCUT2D eigenvalue weighted by Gasteiger charge is -2.26. The Bertz CT molecular complexity index is 1300. The van der Waals surface area contributed by atoms with Crippen LogP contribution in [0.15, 0.2) is 17.2 Å². The highest BCUT2D eigenvalue weighted by Gasteiger charge is 2.36. The summed E-state index contributed by atoms with van der Waals surface area (Å²) in [7, 11) is -1.29. The van der Waals surface area contributed by atoms with E-state index in [1.54, 1.807) is 7.11 Å². The minimum atomic E-state index is -4.36. The first-order valence-electron chi connectivity index (χ1n) is 11.7. The molecule has 188 valence electrons. The third-order valence-corrected chi connectivity index (χ3v) is 8.54. The molecule has 1 aliphatic heterocycles. The summed E-state index contributed by atoms with van der Waals surface area (Å²) < 4.78 is 33.9. The van der Waals surface area contributed by atoms with Gasteiger partial charge in [0, 0.05) is 45.0 Å². The van der Waals surface area contributed by atoms with Gasteiger partial charge in [-0.2, -0.15) is 13.5 Å². The monoisotopic (exact) mass is 503 g/mol. The number of hydrogen-bond acceptors (Lipinski definition) is 7. The lowest BCUT2D eigenvalue weighted by Crippen LogP contribution is -2.35. The standard InChI is InChI=1S/C23H29N5O6S/c1-27-19(22(29)30)11-20(25-27)35(32,33)26-23(31)24-21-15-5-3-4-13(15)10-17-16(21)6-7-18(17)28-9-8-14(12-28)34-2/h10-11,14,18H,3-9,12H2,1-2H3,(H,29,30)(H2,24,26,31). The third kappa shape index (κ3) is 4.30. The molecule has 0 saturated carbocycles. The molecule has 2 heterocycles. The van der Waals surface area contributed by atoms with Crippen molar-refractivity contribution in [3.8, 4) is 0 Å². The first-order chi connectivity index (χ1) is 16.7. The van der Waals surface area contributed by atoms with Crippen LogP contribution in [0.25, 0.3) is 0 Å². The molecule has 2 atom stereocenters. The number of aryl methyl sites for hydroxylation is 2. The number of carbonyl (C=O) groups is 2. The quantitative estimate of drug-likeness (QED) is 0.542. The molecule has 5 rings (SSSR count). The molecule has 12 heteroatoms. The molecule has 2 aliphatic carbocycles. The molecular weight excluding hydrogens is 474 g/mol. The Labute approximate surface area is 203 Å². The minimum absolute atomic E-state index is 0.232. The summed E-state index contributed by atoms with van der Waals surface area (Å²) in [6, 6.07) is 2.56. The number of urea groups is 1. The van der Waals surface area contributed by atoms with E-state index in [9.17, 15) is 18.0 Å². The topological polar surface area (TPSA) is 143 Å². The lowest BCUT2D eigenvalue weighted by atomic mass is 9.97. The van der Waals surface area contributed by atoms with Crippen LogP contribution in [0.1, 0.15) is 58.0 Å². The van der Waals surface area contributed by atoms with E-state index < -0.39 is 27.0 Å². The van der Waals surface area contributed by atoms with Gasteiger partial charge in [0.15, 0.2) is 5.03 Å². The van der Waals surface area contributed by atoms with Gasteiger partial charge in [-0.3, -0.25) is 9.58 Å². The van der Waals surface area contributed by atoms with Gasteiger partial charge < -0.3 is 15.2 Å². The Hall–Kier alpha value is -2.96. The maximum atomic E-state index is 12.9. The van der Waals surface area contributed by atoms with E-state index in [0.717, 1.165) is 73.5 Å². The number of anilines is 1. The zero-order valence-electron chi connectivity index (χ0n) is 19.7. The molecule has 0 spiro atoms. The van der Waals surface area contributed by atoms with Crippen LogP contribution < -0.4 is 10.0 Å². The van der Waals surface area contributed by atoms with E-state index in [0.29, 0.717) is 5.69 Å². The number of likely N-dealkylation sites (tertiary alicyclic amines) is 1. The fraction of sp³-hybridized carbons (Fsp3) is 0.522. The first-order valence-corrected chi connectivity index (χ1v) is 13.2. The molecule has 0 bridgehead atoms. The predicted molar refractivity (Wildman–Crippen MR) is 126 cm³/mol. The summed E-state index contributed by atoms with van der Waals surface area (Å²) >= 11 is 0. The molecule has 11 nitrogen and oxygen atoms in total. The van der Waals surface area contributed by atoms with Crippen LogP contribution in [0.2, 0.25) is 0 Å². The number of amides is 2. The third-order valence-electron chi connectivity index (χ3n) is 7.34. The second-order valence-electron chi connectivity index (χ2n) is 9.36. The zero-order chi connectivity index (χ0) is 24.9. The van der Waals surface area contributed by atoms with Gasteiger partial charge in [-0.25, -0.2) is 14.3 Å². The van der Waals surface area contributed by atoms with E-state index in [4.69, 9.17) is 9.84 Å². The fourth-order valence-corrected chi connectivity index (χ4v) is 6.56. The number of fused-ring (bicyclic) bond motifs is 2. The molecule has 1 aromatic carbocycles. The van der Waals surface area contributed by atoms with Gasteiger partial charge in [-0.05, 0) is 60.8 Å².